The van der Waals surface area contributed by atoms with E-state index in [0.29, 0.717) is 6.42 Å². The molecule has 0 spiro atoms. The second kappa shape index (κ2) is 7.71. The maximum atomic E-state index is 11.5. The van der Waals surface area contributed by atoms with Gasteiger partial charge in [-0.25, -0.2) is 0 Å². The van der Waals surface area contributed by atoms with Crippen LogP contribution in [0.15, 0.2) is 24.3 Å². The zero-order valence-corrected chi connectivity index (χ0v) is 11.2. The molecule has 0 aliphatic heterocycles. The number of benzene rings is 1. The topological polar surface area (TPSA) is 47.6 Å². The number of methoxy groups -OCH3 is 2. The fraction of sp³-hybridized carbons (Fsp3) is 0.500. The first kappa shape index (κ1) is 14.5. The van der Waals surface area contributed by atoms with Crippen LogP contribution in [0, 0.1) is 0 Å². The molecule has 1 rings (SSSR count). The van der Waals surface area contributed by atoms with Gasteiger partial charge in [0.15, 0.2) is 0 Å². The number of esters is 1. The van der Waals surface area contributed by atoms with Gasteiger partial charge in [0.1, 0.15) is 5.75 Å². The zero-order valence-electron chi connectivity index (χ0n) is 11.2. The Kier molecular flexibility index (Phi) is 6.22. The van der Waals surface area contributed by atoms with Gasteiger partial charge in [0, 0.05) is 11.6 Å². The SMILES string of the molecule is CCCNC(CC(=O)OC)c1ccccc1OC. The van der Waals surface area contributed by atoms with Crippen molar-refractivity contribution in [1.29, 1.82) is 0 Å². The number of para-hydroxylation sites is 1. The van der Waals surface area contributed by atoms with Crippen molar-refractivity contribution in [1.82, 2.24) is 5.32 Å². The lowest BCUT2D eigenvalue weighted by Gasteiger charge is -2.20. The van der Waals surface area contributed by atoms with Crippen LogP contribution in [-0.4, -0.2) is 26.7 Å². The van der Waals surface area contributed by atoms with Crippen LogP contribution >= 0.6 is 0 Å². The molecule has 0 saturated carbocycles. The largest absolute Gasteiger partial charge is 0.496 e. The van der Waals surface area contributed by atoms with Crippen LogP contribution in [0.3, 0.4) is 0 Å². The van der Waals surface area contributed by atoms with Crippen LogP contribution < -0.4 is 10.1 Å². The number of nitrogens with one attached hydrogen (secondary N) is 1. The van der Waals surface area contributed by atoms with Gasteiger partial charge in [-0.1, -0.05) is 25.1 Å². The van der Waals surface area contributed by atoms with E-state index >= 15 is 0 Å². The van der Waals surface area contributed by atoms with E-state index in [1.807, 2.05) is 24.3 Å². The van der Waals surface area contributed by atoms with E-state index in [0.717, 1.165) is 24.3 Å². The minimum Gasteiger partial charge on any atom is -0.496 e. The molecule has 1 N–H and O–H groups in total. The van der Waals surface area contributed by atoms with Crippen molar-refractivity contribution in [3.8, 4) is 5.75 Å². The molecule has 0 amide bonds. The Labute approximate surface area is 108 Å². The Morgan fingerprint density at radius 3 is 2.67 bits per heavy atom. The van der Waals surface area contributed by atoms with E-state index in [4.69, 9.17) is 9.47 Å². The summed E-state index contributed by atoms with van der Waals surface area (Å²) in [5.74, 6) is 0.560. The highest BCUT2D eigenvalue weighted by molar-refractivity contribution is 5.70. The smallest absolute Gasteiger partial charge is 0.307 e. The van der Waals surface area contributed by atoms with E-state index in [9.17, 15) is 4.79 Å². The van der Waals surface area contributed by atoms with Crippen LogP contribution in [0.25, 0.3) is 0 Å². The number of hydrogen-bond acceptors (Lipinski definition) is 4. The van der Waals surface area contributed by atoms with Crippen LogP contribution in [0.1, 0.15) is 31.4 Å². The predicted octanol–water partition coefficient (Wildman–Crippen LogP) is 2.30. The molecule has 100 valence electrons. The second-order valence-electron chi connectivity index (χ2n) is 4.03. The first-order chi connectivity index (χ1) is 8.72. The van der Waals surface area contributed by atoms with Crippen molar-refractivity contribution in [3.05, 3.63) is 29.8 Å². The Morgan fingerprint density at radius 2 is 2.06 bits per heavy atom. The number of carbonyl (C=O) groups excluding carboxylic acids is 1. The highest BCUT2D eigenvalue weighted by atomic mass is 16.5. The van der Waals surface area contributed by atoms with Crippen molar-refractivity contribution in [2.75, 3.05) is 20.8 Å². The molecule has 0 bridgehead atoms. The lowest BCUT2D eigenvalue weighted by molar-refractivity contribution is -0.141. The predicted molar refractivity (Wildman–Crippen MR) is 70.7 cm³/mol. The Hall–Kier alpha value is -1.55. The summed E-state index contributed by atoms with van der Waals surface area (Å²) < 4.78 is 10.1. The molecule has 18 heavy (non-hydrogen) atoms. The standard InChI is InChI=1S/C14H21NO3/c1-4-9-15-12(10-14(16)18-3)11-7-5-6-8-13(11)17-2/h5-8,12,15H,4,9-10H2,1-3H3. The van der Waals surface area contributed by atoms with Crippen LogP contribution in [0.2, 0.25) is 0 Å². The highest BCUT2D eigenvalue weighted by Gasteiger charge is 2.18. The van der Waals surface area contributed by atoms with Gasteiger partial charge in [-0.05, 0) is 19.0 Å². The van der Waals surface area contributed by atoms with Gasteiger partial charge in [-0.15, -0.1) is 0 Å². The first-order valence-electron chi connectivity index (χ1n) is 6.16. The molecule has 1 unspecified atom stereocenters. The van der Waals surface area contributed by atoms with Crippen molar-refractivity contribution in [3.63, 3.8) is 0 Å². The summed E-state index contributed by atoms with van der Waals surface area (Å²) in [7, 11) is 3.04. The molecule has 4 nitrogen and oxygen atoms in total. The number of rotatable bonds is 7. The molecule has 0 aliphatic rings. The maximum Gasteiger partial charge on any atom is 0.307 e. The van der Waals surface area contributed by atoms with Gasteiger partial charge < -0.3 is 14.8 Å². The summed E-state index contributed by atoms with van der Waals surface area (Å²) >= 11 is 0. The monoisotopic (exact) mass is 251 g/mol. The lowest BCUT2D eigenvalue weighted by Crippen LogP contribution is -2.25. The average Bonchev–Trinajstić information content (AvgIpc) is 2.43. The minimum atomic E-state index is -0.227. The van der Waals surface area contributed by atoms with Gasteiger partial charge in [0.2, 0.25) is 0 Å². The molecular weight excluding hydrogens is 230 g/mol. The fourth-order valence-electron chi connectivity index (χ4n) is 1.81. The van der Waals surface area contributed by atoms with Gasteiger partial charge >= 0.3 is 5.97 Å². The fourth-order valence-corrected chi connectivity index (χ4v) is 1.81. The summed E-state index contributed by atoms with van der Waals surface area (Å²) in [4.78, 5) is 11.5. The molecule has 4 heteroatoms. The summed E-state index contributed by atoms with van der Waals surface area (Å²) in [5, 5.41) is 3.34. The van der Waals surface area contributed by atoms with Gasteiger partial charge in [-0.2, -0.15) is 0 Å². The Balaban J connectivity index is 2.89. The van der Waals surface area contributed by atoms with Gasteiger partial charge in [-0.3, -0.25) is 4.79 Å². The molecule has 0 saturated heterocycles. The lowest BCUT2D eigenvalue weighted by atomic mass is 10.0. The number of hydrogen-bond donors (Lipinski definition) is 1. The van der Waals surface area contributed by atoms with Crippen LogP contribution in [0.4, 0.5) is 0 Å². The van der Waals surface area contributed by atoms with Crippen molar-refractivity contribution >= 4 is 5.97 Å². The zero-order chi connectivity index (χ0) is 13.4. The molecule has 1 aromatic rings. The summed E-state index contributed by atoms with van der Waals surface area (Å²) in [6.07, 6.45) is 1.31. The quantitative estimate of drug-likeness (QED) is 0.755. The van der Waals surface area contributed by atoms with E-state index in [1.165, 1.54) is 7.11 Å². The third-order valence-corrected chi connectivity index (χ3v) is 2.75. The first-order valence-corrected chi connectivity index (χ1v) is 6.16. The summed E-state index contributed by atoms with van der Waals surface area (Å²) in [5.41, 5.74) is 0.985. The van der Waals surface area contributed by atoms with Crippen molar-refractivity contribution in [2.24, 2.45) is 0 Å². The van der Waals surface area contributed by atoms with Gasteiger partial charge in [0.25, 0.3) is 0 Å². The molecule has 0 radical (unpaired) electrons. The van der Waals surface area contributed by atoms with E-state index in [-0.39, 0.29) is 12.0 Å². The van der Waals surface area contributed by atoms with Crippen LogP contribution in [0.5, 0.6) is 5.75 Å². The number of ether oxygens (including phenoxy) is 2. The highest BCUT2D eigenvalue weighted by Crippen LogP contribution is 2.27. The average molecular weight is 251 g/mol. The Bertz CT molecular complexity index is 379. The summed E-state index contributed by atoms with van der Waals surface area (Å²) in [6, 6.07) is 7.64. The minimum absolute atomic E-state index is 0.0754. The van der Waals surface area contributed by atoms with E-state index in [2.05, 4.69) is 12.2 Å². The van der Waals surface area contributed by atoms with Gasteiger partial charge in [0.05, 0.1) is 20.6 Å². The second-order valence-corrected chi connectivity index (χ2v) is 4.03. The molecular formula is C14H21NO3. The van der Waals surface area contributed by atoms with E-state index < -0.39 is 0 Å². The summed E-state index contributed by atoms with van der Waals surface area (Å²) in [6.45, 7) is 2.93. The third kappa shape index (κ3) is 4.04. The van der Waals surface area contributed by atoms with Crippen molar-refractivity contribution in [2.45, 2.75) is 25.8 Å². The molecule has 1 aromatic carbocycles. The Morgan fingerprint density at radius 1 is 1.33 bits per heavy atom. The van der Waals surface area contributed by atoms with Crippen LogP contribution in [-0.2, 0) is 9.53 Å². The normalized spacial score (nSPS) is 11.9. The van der Waals surface area contributed by atoms with Crippen molar-refractivity contribution < 1.29 is 14.3 Å². The molecule has 0 aliphatic carbocycles. The third-order valence-electron chi connectivity index (χ3n) is 2.75. The molecule has 0 heterocycles. The molecule has 0 fully saturated rings. The molecule has 1 atom stereocenters. The number of carbonyl (C=O) groups is 1. The maximum absolute atomic E-state index is 11.5. The van der Waals surface area contributed by atoms with E-state index in [1.54, 1.807) is 7.11 Å². The molecule has 0 aromatic heterocycles.